The molecule has 0 heterocycles. The summed E-state index contributed by atoms with van der Waals surface area (Å²) in [6, 6.07) is 3.26. The summed E-state index contributed by atoms with van der Waals surface area (Å²) in [6.07, 6.45) is 0. The molecular weight excluding hydrogens is 375 g/mol. The summed E-state index contributed by atoms with van der Waals surface area (Å²) < 4.78 is 0. The second-order valence-electron chi connectivity index (χ2n) is 5.13. The zero-order valence-corrected chi connectivity index (χ0v) is 15.4. The van der Waals surface area contributed by atoms with Gasteiger partial charge in [0.1, 0.15) is 6.04 Å². The Morgan fingerprint density at radius 2 is 1.88 bits per heavy atom. The van der Waals surface area contributed by atoms with Gasteiger partial charge in [-0.1, -0.05) is 37.0 Å². The molecule has 0 spiro atoms. The number of hydrogen-bond donors (Lipinski definition) is 4. The van der Waals surface area contributed by atoms with E-state index in [-0.39, 0.29) is 11.7 Å². The lowest BCUT2D eigenvalue weighted by Crippen LogP contribution is -2.55. The fraction of sp³-hybridized carbons (Fsp3) is 0.357. The monoisotopic (exact) mass is 392 g/mol. The third-order valence-corrected chi connectivity index (χ3v) is 4.56. The predicted octanol–water partition coefficient (Wildman–Crippen LogP) is 1.93. The normalized spacial score (nSPS) is 11.7. The van der Waals surface area contributed by atoms with Gasteiger partial charge in [-0.15, -0.1) is 11.8 Å². The van der Waals surface area contributed by atoms with Crippen molar-refractivity contribution in [3.05, 3.63) is 28.2 Å². The van der Waals surface area contributed by atoms with Gasteiger partial charge in [-0.2, -0.15) is 0 Å². The molecule has 0 radical (unpaired) electrons. The van der Waals surface area contributed by atoms with Gasteiger partial charge in [0, 0.05) is 9.92 Å². The summed E-state index contributed by atoms with van der Waals surface area (Å²) in [5.74, 6) is -1.18. The van der Waals surface area contributed by atoms with Crippen molar-refractivity contribution in [3.63, 3.8) is 0 Å². The SMILES string of the molecule is CC(C)[C@H](NC(N)=O)C(=O)NNC(=O)CSc1cc(Cl)ccc1Cl. The van der Waals surface area contributed by atoms with Gasteiger partial charge in [0.25, 0.3) is 5.91 Å². The molecule has 0 saturated heterocycles. The molecule has 0 aliphatic rings. The Balaban J connectivity index is 2.49. The fourth-order valence-corrected chi connectivity index (χ4v) is 2.96. The van der Waals surface area contributed by atoms with E-state index >= 15 is 0 Å². The average molecular weight is 393 g/mol. The van der Waals surface area contributed by atoms with Crippen molar-refractivity contribution in [3.8, 4) is 0 Å². The molecule has 0 aliphatic carbocycles. The van der Waals surface area contributed by atoms with Crippen LogP contribution in [0, 0.1) is 5.92 Å². The molecule has 7 nitrogen and oxygen atoms in total. The van der Waals surface area contributed by atoms with Crippen LogP contribution in [-0.4, -0.2) is 29.6 Å². The van der Waals surface area contributed by atoms with E-state index in [0.29, 0.717) is 14.9 Å². The topological polar surface area (TPSA) is 113 Å². The number of halogens is 2. The first kappa shape index (κ1) is 20.4. The highest BCUT2D eigenvalue weighted by Crippen LogP contribution is 2.29. The Kier molecular flexibility index (Phi) is 8.17. The lowest BCUT2D eigenvalue weighted by Gasteiger charge is -2.20. The Morgan fingerprint density at radius 1 is 1.21 bits per heavy atom. The molecule has 5 N–H and O–H groups in total. The minimum absolute atomic E-state index is 0.0237. The van der Waals surface area contributed by atoms with E-state index in [1.54, 1.807) is 32.0 Å². The van der Waals surface area contributed by atoms with Gasteiger partial charge in [0.05, 0.1) is 10.8 Å². The van der Waals surface area contributed by atoms with Crippen LogP contribution in [0.5, 0.6) is 0 Å². The van der Waals surface area contributed by atoms with Crippen molar-refractivity contribution >= 4 is 52.8 Å². The Hall–Kier alpha value is -1.64. The first-order valence-electron chi connectivity index (χ1n) is 6.93. The average Bonchev–Trinajstić information content (AvgIpc) is 2.50. The fourth-order valence-electron chi connectivity index (χ4n) is 1.66. The predicted molar refractivity (Wildman–Crippen MR) is 94.8 cm³/mol. The van der Waals surface area contributed by atoms with E-state index in [2.05, 4.69) is 16.2 Å². The van der Waals surface area contributed by atoms with E-state index in [4.69, 9.17) is 28.9 Å². The molecule has 0 aliphatic heterocycles. The maximum Gasteiger partial charge on any atom is 0.312 e. The number of hydrogen-bond acceptors (Lipinski definition) is 4. The lowest BCUT2D eigenvalue weighted by atomic mass is 10.0. The van der Waals surface area contributed by atoms with E-state index in [1.165, 1.54) is 11.8 Å². The molecule has 0 aromatic heterocycles. The largest absolute Gasteiger partial charge is 0.352 e. The summed E-state index contributed by atoms with van der Waals surface area (Å²) >= 11 is 13.0. The molecular formula is C14H18Cl2N4O3S. The van der Waals surface area contributed by atoms with Crippen molar-refractivity contribution in [2.45, 2.75) is 24.8 Å². The summed E-state index contributed by atoms with van der Waals surface area (Å²) in [4.78, 5) is 35.3. The van der Waals surface area contributed by atoms with Gasteiger partial charge >= 0.3 is 6.03 Å². The summed E-state index contributed by atoms with van der Waals surface area (Å²) in [5, 5.41) is 3.30. The molecule has 0 bridgehead atoms. The van der Waals surface area contributed by atoms with Gasteiger partial charge in [-0.25, -0.2) is 4.79 Å². The number of benzene rings is 1. The number of rotatable bonds is 6. The number of thioether (sulfide) groups is 1. The number of amides is 4. The van der Waals surface area contributed by atoms with Gasteiger partial charge in [-0.05, 0) is 24.1 Å². The number of urea groups is 1. The van der Waals surface area contributed by atoms with Crippen molar-refractivity contribution in [2.75, 3.05) is 5.75 Å². The molecule has 4 amide bonds. The van der Waals surface area contributed by atoms with Crippen LogP contribution in [0.15, 0.2) is 23.1 Å². The second kappa shape index (κ2) is 9.61. The van der Waals surface area contributed by atoms with Gasteiger partial charge in [0.2, 0.25) is 5.91 Å². The molecule has 10 heteroatoms. The van der Waals surface area contributed by atoms with Crippen LogP contribution in [0.1, 0.15) is 13.8 Å². The van der Waals surface area contributed by atoms with Crippen LogP contribution < -0.4 is 21.9 Å². The minimum Gasteiger partial charge on any atom is -0.352 e. The highest BCUT2D eigenvalue weighted by molar-refractivity contribution is 8.00. The maximum atomic E-state index is 12.0. The van der Waals surface area contributed by atoms with Crippen LogP contribution in [0.4, 0.5) is 4.79 Å². The molecule has 24 heavy (non-hydrogen) atoms. The first-order valence-corrected chi connectivity index (χ1v) is 8.67. The van der Waals surface area contributed by atoms with Crippen LogP contribution in [-0.2, 0) is 9.59 Å². The Labute approximate surface area is 154 Å². The molecule has 1 aromatic rings. The first-order chi connectivity index (χ1) is 11.2. The third kappa shape index (κ3) is 6.86. The third-order valence-electron chi connectivity index (χ3n) is 2.82. The highest BCUT2D eigenvalue weighted by atomic mass is 35.5. The van der Waals surface area contributed by atoms with Crippen molar-refractivity contribution < 1.29 is 14.4 Å². The minimum atomic E-state index is -0.849. The Bertz CT molecular complexity index is 628. The standard InChI is InChI=1S/C14H18Cl2N4O3S/c1-7(2)12(18-14(17)23)13(22)20-19-11(21)6-24-10-5-8(15)3-4-9(10)16/h3-5,7,12H,6H2,1-2H3,(H,19,21)(H,20,22)(H3,17,18,23)/t12-/m0/s1. The van der Waals surface area contributed by atoms with E-state index < -0.39 is 23.9 Å². The van der Waals surface area contributed by atoms with Gasteiger partial charge < -0.3 is 11.1 Å². The maximum absolute atomic E-state index is 12.0. The van der Waals surface area contributed by atoms with Crippen LogP contribution in [0.2, 0.25) is 10.0 Å². The molecule has 0 fully saturated rings. The molecule has 1 atom stereocenters. The van der Waals surface area contributed by atoms with E-state index in [0.717, 1.165) is 0 Å². The zero-order valence-electron chi connectivity index (χ0n) is 13.1. The highest BCUT2D eigenvalue weighted by Gasteiger charge is 2.23. The van der Waals surface area contributed by atoms with Gasteiger partial charge in [-0.3, -0.25) is 20.4 Å². The van der Waals surface area contributed by atoms with Crippen molar-refractivity contribution in [2.24, 2.45) is 11.7 Å². The molecule has 1 aromatic carbocycles. The van der Waals surface area contributed by atoms with Crippen LogP contribution in [0.25, 0.3) is 0 Å². The molecule has 0 saturated carbocycles. The van der Waals surface area contributed by atoms with Crippen molar-refractivity contribution in [1.82, 2.24) is 16.2 Å². The number of hydrazine groups is 1. The van der Waals surface area contributed by atoms with Crippen molar-refractivity contribution in [1.29, 1.82) is 0 Å². The molecule has 132 valence electrons. The van der Waals surface area contributed by atoms with E-state index in [1.807, 2.05) is 0 Å². The van der Waals surface area contributed by atoms with Gasteiger partial charge in [0.15, 0.2) is 0 Å². The van der Waals surface area contributed by atoms with Crippen LogP contribution in [0.3, 0.4) is 0 Å². The molecule has 0 unspecified atom stereocenters. The summed E-state index contributed by atoms with van der Waals surface area (Å²) in [5.41, 5.74) is 9.54. The summed E-state index contributed by atoms with van der Waals surface area (Å²) in [6.45, 7) is 3.47. The number of carbonyl (C=O) groups is 3. The number of primary amides is 1. The molecule has 1 rings (SSSR count). The number of carbonyl (C=O) groups excluding carboxylic acids is 3. The zero-order chi connectivity index (χ0) is 18.3. The number of nitrogens with one attached hydrogen (secondary N) is 3. The Morgan fingerprint density at radius 3 is 2.46 bits per heavy atom. The lowest BCUT2D eigenvalue weighted by molar-refractivity contribution is -0.129. The smallest absolute Gasteiger partial charge is 0.312 e. The second-order valence-corrected chi connectivity index (χ2v) is 6.99. The summed E-state index contributed by atoms with van der Waals surface area (Å²) in [7, 11) is 0. The van der Waals surface area contributed by atoms with E-state index in [9.17, 15) is 14.4 Å². The number of nitrogens with two attached hydrogens (primary N) is 1. The quantitative estimate of drug-likeness (QED) is 0.437. The van der Waals surface area contributed by atoms with Crippen LogP contribution >= 0.6 is 35.0 Å².